The molecule has 55 heteroatoms. The molecule has 0 aromatic heterocycles. The van der Waals surface area contributed by atoms with Gasteiger partial charge in [0.1, 0.15) is 191 Å². The van der Waals surface area contributed by atoms with Crippen molar-refractivity contribution in [1.82, 2.24) is 0 Å². The van der Waals surface area contributed by atoms with Crippen LogP contribution in [-0.4, -0.2) is 468 Å². The van der Waals surface area contributed by atoms with Crippen molar-refractivity contribution in [3.05, 3.63) is 0 Å². The minimum absolute atomic E-state index is 0. The number of carbonyl (C=O) groups is 16. The first-order valence-electron chi connectivity index (χ1n) is 45.3. The fraction of sp³-hybridized carbons (Fsp3) is 0.826. The number of ether oxygens (including phenoxy) is 15. The average Bonchev–Trinajstić information content (AvgIpc) is 0.810. The first-order chi connectivity index (χ1) is 67.3. The van der Waals surface area contributed by atoms with Gasteiger partial charge in [-0.3, -0.25) is 76.7 Å². The molecule has 0 bridgehead atoms. The molecule has 858 valence electrons. The second kappa shape index (κ2) is 62.4. The van der Waals surface area contributed by atoms with Crippen LogP contribution in [0, 0.1) is 92.1 Å². The van der Waals surface area contributed by atoms with Gasteiger partial charge in [-0.1, -0.05) is 21.3 Å². The smallest absolute Gasteiger partial charge is 0.318 e. The Balaban J connectivity index is -0.00000516. The molecule has 0 saturated heterocycles. The molecule has 24 N–H and O–H groups in total. The van der Waals surface area contributed by atoms with Crippen LogP contribution in [0.1, 0.15) is 145 Å². The zero-order chi connectivity index (χ0) is 114. The first kappa shape index (κ1) is 144. The van der Waals surface area contributed by atoms with Crippen LogP contribution in [0.4, 0.5) is 0 Å². The van der Waals surface area contributed by atoms with E-state index in [1.54, 1.807) is 6.92 Å². The lowest BCUT2D eigenvalue weighted by molar-refractivity contribution is -0.187. The second-order valence-electron chi connectivity index (χ2n) is 40.8. The van der Waals surface area contributed by atoms with E-state index < -0.39 is 424 Å². The van der Waals surface area contributed by atoms with Gasteiger partial charge in [-0.25, -0.2) is 0 Å². The molecule has 11 unspecified atom stereocenters. The molecule has 0 aromatic carbocycles. The second-order valence-corrected chi connectivity index (χ2v) is 40.8. The van der Waals surface area contributed by atoms with Crippen LogP contribution in [0.3, 0.4) is 0 Å². The molecule has 55 nitrogen and oxygen atoms in total. The summed E-state index contributed by atoms with van der Waals surface area (Å²) >= 11 is 0. The van der Waals surface area contributed by atoms with E-state index in [0.29, 0.717) is 6.42 Å². The monoisotopic (exact) mass is 2140 g/mol. The molecular weight excluding hydrogens is 1980 g/mol. The van der Waals surface area contributed by atoms with Gasteiger partial charge in [-0.15, -0.1) is 0 Å². The van der Waals surface area contributed by atoms with E-state index in [0.717, 1.165) is 104 Å². The maximum absolute atomic E-state index is 15.0. The van der Waals surface area contributed by atoms with Crippen LogP contribution >= 0.6 is 0 Å². The molecule has 0 aromatic rings. The summed E-state index contributed by atoms with van der Waals surface area (Å²) in [5.41, 5.74) is -37.7. The van der Waals surface area contributed by atoms with Crippen LogP contribution in [0.5, 0.6) is 0 Å². The topological polar surface area (TPSA) is 897 Å². The average molecular weight is 2150 g/mol. The van der Waals surface area contributed by atoms with E-state index in [4.69, 9.17) is 102 Å². The third-order valence-corrected chi connectivity index (χ3v) is 24.7. The number of carboxylic acid groups (broad SMARTS) is 1. The molecule has 0 aliphatic carbocycles. The molecule has 11 atom stereocenters. The highest BCUT2D eigenvalue weighted by Gasteiger charge is 2.54. The van der Waals surface area contributed by atoms with Crippen LogP contribution in [0.2, 0.25) is 0 Å². The molecule has 0 saturated carbocycles. The molecule has 147 heavy (non-hydrogen) atoms. The molecule has 0 fully saturated rings. The largest absolute Gasteiger partial charge is 0.481 e. The van der Waals surface area contributed by atoms with E-state index in [1.807, 2.05) is 0 Å². The van der Waals surface area contributed by atoms with Crippen molar-refractivity contribution in [3.63, 3.8) is 0 Å². The first-order valence-corrected chi connectivity index (χ1v) is 45.3. The minimum atomic E-state index is -2.65. The number of carboxylic acids is 1. The Labute approximate surface area is 849 Å². The number of carbonyl (C=O) groups excluding carboxylic acids is 15. The van der Waals surface area contributed by atoms with Crippen molar-refractivity contribution in [2.75, 3.05) is 244 Å². The van der Waals surface area contributed by atoms with E-state index in [-0.39, 0.29) is 27.1 Å². The number of aliphatic hydroxyl groups is 23. The van der Waals surface area contributed by atoms with Gasteiger partial charge < -0.3 is 194 Å². The number of hydrogen-bond donors (Lipinski definition) is 24. The van der Waals surface area contributed by atoms with Gasteiger partial charge in [-0.2, -0.15) is 0 Å². The van der Waals surface area contributed by atoms with Gasteiger partial charge in [0, 0.05) is 0 Å². The van der Waals surface area contributed by atoms with E-state index in [9.17, 15) is 169 Å². The minimum Gasteiger partial charge on any atom is -0.481 e. The standard InChI is InChI=1S/C81H134O48.C5H10O4.C5H12O3.CH4/c1-17-81(35-99,49-128-62(111)77(13,34-98)41-120-57(106)72(8,29-93)37-116-52(101)67(3,20-84)21-85)50-129-65(114)80(16,48-127-64(113)78(14,43-122-55(104)70(6,26-90)27-91)44-123-58(107)73(9,30-94)38-117-53(102)68(4,22-86)23-87)47-126-61(110)76(12,33-97)42-121-63(112)79(15,45-124-59(108)74(10,31-95)39-118-54(103)69(5,24-88)25-89)46-125-60(109)75(11,32-96)40-119-56(105)71(7,28-92)36-115-51(100)66(2,18-82)19-83;1-5(2-6,3-7)4(8)9;1-2-5(8,3-6)4-7;/h82-99H,17-50H2,1-16H3;6-7H,2-3H2,1H3,(H,8,9);6-8H,2-4H2,1H3;1H4. The Morgan fingerprint density at radius 1 is 0.156 bits per heavy atom. The molecule has 0 radical (unpaired) electrons. The summed E-state index contributed by atoms with van der Waals surface area (Å²) in [5, 5.41) is 233. The van der Waals surface area contributed by atoms with Crippen molar-refractivity contribution in [3.8, 4) is 0 Å². The predicted octanol–water partition coefficient (Wildman–Crippen LogP) is -8.70. The number of aliphatic hydroxyl groups excluding tert-OH is 22. The molecule has 0 amide bonds. The summed E-state index contributed by atoms with van der Waals surface area (Å²) in [6.45, 7) is -18.2. The lowest BCUT2D eigenvalue weighted by atomic mass is 9.87. The Morgan fingerprint density at radius 3 is 0.347 bits per heavy atom. The summed E-state index contributed by atoms with van der Waals surface area (Å²) in [6.07, 6.45) is 0.0854. The van der Waals surface area contributed by atoms with Crippen LogP contribution < -0.4 is 0 Å². The quantitative estimate of drug-likeness (QED) is 0.0199. The highest BCUT2D eigenvalue weighted by Crippen LogP contribution is 2.37. The lowest BCUT2D eigenvalue weighted by Crippen LogP contribution is -2.49. The van der Waals surface area contributed by atoms with Crippen molar-refractivity contribution >= 4 is 95.5 Å². The molecular formula is C92H160O55. The third-order valence-electron chi connectivity index (χ3n) is 24.7. The van der Waals surface area contributed by atoms with Crippen LogP contribution in [0.25, 0.3) is 0 Å². The van der Waals surface area contributed by atoms with Crippen LogP contribution in [-0.2, 0) is 148 Å². The van der Waals surface area contributed by atoms with Crippen molar-refractivity contribution in [2.24, 2.45) is 92.1 Å². The van der Waals surface area contributed by atoms with Crippen LogP contribution in [0.15, 0.2) is 0 Å². The van der Waals surface area contributed by atoms with Gasteiger partial charge in [0.2, 0.25) is 0 Å². The molecule has 0 heterocycles. The number of esters is 15. The molecule has 0 spiro atoms. The predicted molar refractivity (Wildman–Crippen MR) is 492 cm³/mol. The lowest BCUT2D eigenvalue weighted by Gasteiger charge is -2.35. The van der Waals surface area contributed by atoms with E-state index in [2.05, 4.69) is 0 Å². The Kier molecular flexibility index (Phi) is 61.1. The number of aliphatic carboxylic acids is 1. The highest BCUT2D eigenvalue weighted by atomic mass is 16.6. The Morgan fingerprint density at radius 2 is 0.265 bits per heavy atom. The maximum Gasteiger partial charge on any atom is 0.318 e. The van der Waals surface area contributed by atoms with Gasteiger partial charge in [0.15, 0.2) is 0 Å². The third kappa shape index (κ3) is 40.0. The normalized spacial score (nSPS) is 16.5. The zero-order valence-corrected chi connectivity index (χ0v) is 86.0. The molecule has 0 aliphatic heterocycles. The van der Waals surface area contributed by atoms with Gasteiger partial charge >= 0.3 is 95.5 Å². The molecule has 0 rings (SSSR count). The Hall–Kier alpha value is -9.40. The number of hydrogen-bond acceptors (Lipinski definition) is 54. The SMILES string of the molecule is C.CC(CO)(CO)C(=O)O.CCC(CO)(COC(=O)C(C)(CO)COC(=O)C(C)(CO)COC(=O)C(C)(CO)CO)COC(=O)C(C)(COC(=O)C(C)(CO)COC(=O)C(C)(COC(=O)C(C)(CO)COC(=O)C(C)(CO)CO)COC(=O)C(C)(CO)COC(=O)C(C)(CO)COC(=O)C(C)(CO)CO)COC(=O)C(C)(COC(=O)C(C)(CO)CO)COC(=O)C(C)(CO)COC(=O)C(C)(CO)CO.CCC(O)(CO)CO. The fourth-order valence-corrected chi connectivity index (χ4v) is 9.44. The summed E-state index contributed by atoms with van der Waals surface area (Å²) < 4.78 is 80.7. The highest BCUT2D eigenvalue weighted by molar-refractivity contribution is 5.87. The Bertz CT molecular complexity index is 4150. The summed E-state index contributed by atoms with van der Waals surface area (Å²) in [4.78, 5) is 217. The maximum atomic E-state index is 15.0. The van der Waals surface area contributed by atoms with E-state index in [1.165, 1.54) is 13.8 Å². The van der Waals surface area contributed by atoms with Crippen molar-refractivity contribution in [1.29, 1.82) is 0 Å². The summed E-state index contributed by atoms with van der Waals surface area (Å²) in [7, 11) is 0. The van der Waals surface area contributed by atoms with Crippen molar-refractivity contribution < 1.29 is 270 Å². The van der Waals surface area contributed by atoms with Crippen molar-refractivity contribution in [2.45, 2.75) is 150 Å². The van der Waals surface area contributed by atoms with E-state index >= 15 is 0 Å². The zero-order valence-electron chi connectivity index (χ0n) is 86.0. The number of rotatable bonds is 70. The summed E-state index contributed by atoms with van der Waals surface area (Å²) in [5.74, 6) is -22.3. The summed E-state index contributed by atoms with van der Waals surface area (Å²) in [6, 6.07) is 0. The van der Waals surface area contributed by atoms with Gasteiger partial charge in [0.05, 0.1) is 151 Å². The van der Waals surface area contributed by atoms with Gasteiger partial charge in [0.25, 0.3) is 0 Å². The van der Waals surface area contributed by atoms with Gasteiger partial charge in [-0.05, 0) is 124 Å². The molecule has 0 aliphatic rings. The fourth-order valence-electron chi connectivity index (χ4n) is 9.44.